The Morgan fingerprint density at radius 2 is 2.03 bits per heavy atom. The second-order valence-corrected chi connectivity index (χ2v) is 10.0. The Labute approximate surface area is 194 Å². The van der Waals surface area contributed by atoms with Crippen LogP contribution in [0.5, 0.6) is 0 Å². The van der Waals surface area contributed by atoms with Gasteiger partial charge in [-0.2, -0.15) is 0 Å². The number of thioether (sulfide) groups is 1. The maximum absolute atomic E-state index is 12.9. The van der Waals surface area contributed by atoms with E-state index in [1.807, 2.05) is 42.0 Å². The molecular formula is C23H22N6OS2. The number of hydrogen-bond donors (Lipinski definition) is 1. The number of nitrogens with one attached hydrogen (secondary N) is 1. The first kappa shape index (κ1) is 21.0. The average Bonchev–Trinajstić information content (AvgIpc) is 3.35. The summed E-state index contributed by atoms with van der Waals surface area (Å²) in [5.41, 5.74) is 4.21. The molecule has 1 N–H and O–H groups in total. The van der Waals surface area contributed by atoms with Crippen LogP contribution >= 0.6 is 23.1 Å². The summed E-state index contributed by atoms with van der Waals surface area (Å²) in [7, 11) is 2.15. The number of thiazole rings is 1. The molecule has 4 heterocycles. The first-order valence-electron chi connectivity index (χ1n) is 10.4. The number of aromatic nitrogens is 4. The van der Waals surface area contributed by atoms with E-state index in [0.717, 1.165) is 52.3 Å². The number of nitrogens with zero attached hydrogens (tertiary/aromatic N) is 5. The highest BCUT2D eigenvalue weighted by molar-refractivity contribution is 7.99. The smallest absolute Gasteiger partial charge is 0.257 e. The van der Waals surface area contributed by atoms with Gasteiger partial charge in [-0.05, 0) is 68.9 Å². The Balaban J connectivity index is 1.31. The van der Waals surface area contributed by atoms with Crippen LogP contribution in [-0.4, -0.2) is 56.4 Å². The molecule has 0 spiro atoms. The zero-order valence-electron chi connectivity index (χ0n) is 17.6. The summed E-state index contributed by atoms with van der Waals surface area (Å²) in [6, 6.07) is 11.4. The molecule has 5 rings (SSSR count). The minimum atomic E-state index is -0.218. The van der Waals surface area contributed by atoms with Crippen LogP contribution < -0.4 is 5.32 Å². The molecule has 1 aliphatic rings. The number of carbonyl (C=O) groups is 1. The normalized spacial score (nSPS) is 15.2. The molecule has 0 radical (unpaired) electrons. The van der Waals surface area contributed by atoms with E-state index in [1.54, 1.807) is 35.4 Å². The summed E-state index contributed by atoms with van der Waals surface area (Å²) in [5.74, 6) is 0.204. The van der Waals surface area contributed by atoms with Gasteiger partial charge in [0, 0.05) is 28.6 Å². The van der Waals surface area contributed by atoms with E-state index in [2.05, 4.69) is 37.4 Å². The van der Waals surface area contributed by atoms with Gasteiger partial charge in [0.15, 0.2) is 5.82 Å². The van der Waals surface area contributed by atoms with Crippen molar-refractivity contribution in [2.75, 3.05) is 25.5 Å². The fraction of sp³-hybridized carbons (Fsp3) is 0.261. The molecule has 9 heteroatoms. The van der Waals surface area contributed by atoms with Gasteiger partial charge in [0.1, 0.15) is 0 Å². The van der Waals surface area contributed by atoms with E-state index in [-0.39, 0.29) is 5.91 Å². The van der Waals surface area contributed by atoms with Gasteiger partial charge in [0.2, 0.25) is 0 Å². The van der Waals surface area contributed by atoms with Crippen molar-refractivity contribution < 1.29 is 4.79 Å². The highest BCUT2D eigenvalue weighted by atomic mass is 32.2. The Hall–Kier alpha value is -2.88. The van der Waals surface area contributed by atoms with E-state index in [0.29, 0.717) is 16.6 Å². The number of anilines is 1. The number of likely N-dealkylation sites (tertiary alicyclic amines) is 1. The summed E-state index contributed by atoms with van der Waals surface area (Å²) in [4.78, 5) is 24.9. The van der Waals surface area contributed by atoms with E-state index in [9.17, 15) is 4.79 Å². The van der Waals surface area contributed by atoms with Crippen molar-refractivity contribution in [1.29, 1.82) is 0 Å². The van der Waals surface area contributed by atoms with E-state index < -0.39 is 0 Å². The van der Waals surface area contributed by atoms with Crippen molar-refractivity contribution in [3.63, 3.8) is 0 Å². The lowest BCUT2D eigenvalue weighted by Crippen LogP contribution is -2.31. The molecule has 1 amide bonds. The van der Waals surface area contributed by atoms with Gasteiger partial charge < -0.3 is 10.2 Å². The maximum atomic E-state index is 12.9. The van der Waals surface area contributed by atoms with E-state index in [4.69, 9.17) is 0 Å². The Morgan fingerprint density at radius 3 is 2.84 bits per heavy atom. The van der Waals surface area contributed by atoms with Crippen molar-refractivity contribution in [3.05, 3.63) is 59.9 Å². The molecule has 0 aliphatic carbocycles. The van der Waals surface area contributed by atoms with Crippen molar-refractivity contribution >= 4 is 45.7 Å². The lowest BCUT2D eigenvalue weighted by atomic mass is 10.1. The summed E-state index contributed by atoms with van der Waals surface area (Å²) in [5, 5.41) is 13.6. The molecule has 32 heavy (non-hydrogen) atoms. The topological polar surface area (TPSA) is 83.9 Å². The van der Waals surface area contributed by atoms with Gasteiger partial charge in [-0.25, -0.2) is 4.98 Å². The van der Waals surface area contributed by atoms with Gasteiger partial charge in [-0.1, -0.05) is 6.07 Å². The van der Waals surface area contributed by atoms with Gasteiger partial charge >= 0.3 is 0 Å². The Morgan fingerprint density at radius 1 is 1.16 bits per heavy atom. The molecular weight excluding hydrogens is 440 g/mol. The van der Waals surface area contributed by atoms with Crippen molar-refractivity contribution in [1.82, 2.24) is 25.1 Å². The molecule has 0 atom stereocenters. The fourth-order valence-electron chi connectivity index (χ4n) is 3.69. The number of rotatable bonds is 5. The molecule has 0 bridgehead atoms. The number of pyridine rings is 1. The average molecular weight is 463 g/mol. The summed E-state index contributed by atoms with van der Waals surface area (Å²) in [6.07, 6.45) is 5.80. The third kappa shape index (κ3) is 4.79. The predicted molar refractivity (Wildman–Crippen MR) is 129 cm³/mol. The molecule has 1 saturated heterocycles. The number of piperidine rings is 1. The summed E-state index contributed by atoms with van der Waals surface area (Å²) < 4.78 is 0. The SMILES string of the molecule is CN1CCC(Sc2cc(C(=O)Nc3cc4cc(-c5cncs5)ccc4nn3)ccn2)CC1. The number of amides is 1. The lowest BCUT2D eigenvalue weighted by molar-refractivity contribution is 0.102. The second kappa shape index (κ2) is 9.32. The van der Waals surface area contributed by atoms with Crippen LogP contribution in [0.3, 0.4) is 0 Å². The summed E-state index contributed by atoms with van der Waals surface area (Å²) in [6.45, 7) is 2.20. The maximum Gasteiger partial charge on any atom is 0.257 e. The fourth-order valence-corrected chi connectivity index (χ4v) is 5.42. The molecule has 1 aromatic carbocycles. The minimum absolute atomic E-state index is 0.218. The second-order valence-electron chi connectivity index (χ2n) is 7.83. The van der Waals surface area contributed by atoms with E-state index >= 15 is 0 Å². The minimum Gasteiger partial charge on any atom is -0.306 e. The number of hydrogen-bond acceptors (Lipinski definition) is 8. The number of benzene rings is 1. The largest absolute Gasteiger partial charge is 0.306 e. The Bertz CT molecular complexity index is 1240. The van der Waals surface area contributed by atoms with Crippen molar-refractivity contribution in [2.45, 2.75) is 23.1 Å². The molecule has 7 nitrogen and oxygen atoms in total. The van der Waals surface area contributed by atoms with Crippen LogP contribution in [-0.2, 0) is 0 Å². The van der Waals surface area contributed by atoms with Gasteiger partial charge in [-0.3, -0.25) is 9.78 Å². The quantitative estimate of drug-likeness (QED) is 0.464. The Kier molecular flexibility index (Phi) is 6.11. The molecule has 0 unspecified atom stereocenters. The molecule has 0 saturated carbocycles. The van der Waals surface area contributed by atoms with Crippen LogP contribution in [0, 0.1) is 0 Å². The van der Waals surface area contributed by atoms with Gasteiger partial charge in [0.05, 0.1) is 20.9 Å². The number of fused-ring (bicyclic) bond motifs is 1. The molecule has 162 valence electrons. The molecule has 3 aromatic heterocycles. The summed E-state index contributed by atoms with van der Waals surface area (Å²) >= 11 is 3.34. The molecule has 1 aliphatic heterocycles. The molecule has 4 aromatic rings. The number of carbonyl (C=O) groups excluding carboxylic acids is 1. The first-order chi connectivity index (χ1) is 15.6. The van der Waals surface area contributed by atoms with E-state index in [1.165, 1.54) is 0 Å². The van der Waals surface area contributed by atoms with Crippen LogP contribution in [0.15, 0.2) is 59.3 Å². The highest BCUT2D eigenvalue weighted by Crippen LogP contribution is 2.30. The van der Waals surface area contributed by atoms with Crippen LogP contribution in [0.2, 0.25) is 0 Å². The zero-order valence-corrected chi connectivity index (χ0v) is 19.2. The van der Waals surface area contributed by atoms with Gasteiger partial charge in [0.25, 0.3) is 5.91 Å². The molecule has 1 fully saturated rings. The zero-order chi connectivity index (χ0) is 21.9. The van der Waals surface area contributed by atoms with Gasteiger partial charge in [-0.15, -0.1) is 33.3 Å². The van der Waals surface area contributed by atoms with Crippen LogP contribution in [0.25, 0.3) is 21.3 Å². The predicted octanol–water partition coefficient (Wildman–Crippen LogP) is 4.59. The lowest BCUT2D eigenvalue weighted by Gasteiger charge is -2.28. The first-order valence-corrected chi connectivity index (χ1v) is 12.2. The highest BCUT2D eigenvalue weighted by Gasteiger charge is 2.19. The third-order valence-corrected chi connectivity index (χ3v) is 7.59. The monoisotopic (exact) mass is 462 g/mol. The van der Waals surface area contributed by atoms with Crippen molar-refractivity contribution in [3.8, 4) is 10.4 Å². The van der Waals surface area contributed by atoms with Crippen molar-refractivity contribution in [2.24, 2.45) is 0 Å². The van der Waals surface area contributed by atoms with Crippen LogP contribution in [0.4, 0.5) is 5.82 Å². The third-order valence-electron chi connectivity index (χ3n) is 5.49. The standard InChI is InChI=1S/C23H22N6OS2/c1-29-8-5-18(6-9-29)32-22-12-16(4-7-25-22)23(30)26-21-11-17-10-15(20-13-24-14-31-20)2-3-19(17)27-28-21/h2-4,7,10-14,18H,5-6,8-9H2,1H3,(H,26,28,30). The van der Waals surface area contributed by atoms with Crippen LogP contribution in [0.1, 0.15) is 23.2 Å².